The molecule has 6 nitrogen and oxygen atoms in total. The van der Waals surface area contributed by atoms with Gasteiger partial charge in [0.1, 0.15) is 25.0 Å². The van der Waals surface area contributed by atoms with Crippen molar-refractivity contribution in [1.29, 1.82) is 0 Å². The number of rotatable bonds is 4. The predicted octanol–water partition coefficient (Wildman–Crippen LogP) is 4.38. The van der Waals surface area contributed by atoms with E-state index in [1.54, 1.807) is 0 Å². The van der Waals surface area contributed by atoms with Crippen LogP contribution < -0.4 is 0 Å². The second-order valence-corrected chi connectivity index (χ2v) is 16.7. The summed E-state index contributed by atoms with van der Waals surface area (Å²) in [6.07, 6.45) is 0. The van der Waals surface area contributed by atoms with Gasteiger partial charge in [0.25, 0.3) is 0 Å². The van der Waals surface area contributed by atoms with E-state index in [0.717, 1.165) is 11.1 Å². The Bertz CT molecular complexity index is 687. The SMILES string of the molecule is CC(C)[C@H]1COC(c2[c-]c(C3=N[C@@H](C(C)C)CO3)ccc2)=N1.[C-]#[O+].[C-]#[O+].[CH3][Sn]([CH3])[CH3].[Fe]. The molecule has 0 aliphatic carbocycles. The Morgan fingerprint density at radius 2 is 1.19 bits per heavy atom. The fourth-order valence-corrected chi connectivity index (χ4v) is 2.48. The average Bonchev–Trinajstić information content (AvgIpc) is 3.41. The van der Waals surface area contributed by atoms with Crippen molar-refractivity contribution in [2.75, 3.05) is 13.2 Å². The molecular formula is C23H32FeN2O4Sn-. The molecule has 0 spiro atoms. The van der Waals surface area contributed by atoms with Crippen LogP contribution in [0.25, 0.3) is 0 Å². The van der Waals surface area contributed by atoms with Crippen LogP contribution in [0.2, 0.25) is 14.8 Å². The van der Waals surface area contributed by atoms with Crippen LogP contribution in [0, 0.1) is 31.2 Å². The molecule has 0 saturated heterocycles. The molecular weight excluding hydrogens is 543 g/mol. The molecule has 0 unspecified atom stereocenters. The molecule has 171 valence electrons. The van der Waals surface area contributed by atoms with Crippen molar-refractivity contribution < 1.29 is 35.8 Å². The number of aliphatic imine (C=N–C) groups is 2. The van der Waals surface area contributed by atoms with E-state index >= 15 is 0 Å². The fraction of sp³-hybridized carbons (Fsp3) is 0.565. The van der Waals surface area contributed by atoms with Gasteiger partial charge in [-0.15, -0.1) is 24.3 Å². The third kappa shape index (κ3) is 11.4. The van der Waals surface area contributed by atoms with E-state index in [9.17, 15) is 0 Å². The number of benzene rings is 1. The zero-order valence-electron chi connectivity index (χ0n) is 19.3. The van der Waals surface area contributed by atoms with Crippen LogP contribution in [-0.2, 0) is 35.8 Å². The fourth-order valence-electron chi connectivity index (χ4n) is 2.48. The number of hydrogen-bond acceptors (Lipinski definition) is 4. The summed E-state index contributed by atoms with van der Waals surface area (Å²) in [5.41, 5.74) is 1.75. The zero-order valence-corrected chi connectivity index (χ0v) is 23.3. The first-order valence-corrected chi connectivity index (χ1v) is 18.5. The summed E-state index contributed by atoms with van der Waals surface area (Å²) in [6, 6.07) is 9.73. The van der Waals surface area contributed by atoms with Gasteiger partial charge in [0, 0.05) is 17.1 Å². The average molecular weight is 575 g/mol. The molecule has 2 atom stereocenters. The molecule has 0 fully saturated rings. The van der Waals surface area contributed by atoms with E-state index in [-0.39, 0.29) is 29.2 Å². The van der Waals surface area contributed by atoms with E-state index in [1.807, 2.05) is 18.2 Å². The third-order valence-corrected chi connectivity index (χ3v) is 4.14. The Morgan fingerprint density at radius 1 is 0.871 bits per heavy atom. The predicted molar refractivity (Wildman–Crippen MR) is 119 cm³/mol. The molecule has 1 radical (unpaired) electrons. The van der Waals surface area contributed by atoms with Crippen LogP contribution in [0.4, 0.5) is 0 Å². The molecule has 0 N–H and O–H groups in total. The van der Waals surface area contributed by atoms with E-state index in [0.29, 0.717) is 36.8 Å². The molecule has 1 aromatic carbocycles. The van der Waals surface area contributed by atoms with Gasteiger partial charge in [0.2, 0.25) is 0 Å². The van der Waals surface area contributed by atoms with Crippen molar-refractivity contribution in [1.82, 2.24) is 0 Å². The standard InChI is InChI=1S/C18H23N2O2.2CO.3CH3.Fe.Sn/c1-11(2)15-9-21-17(19-15)13-6-5-7-14(8-13)18-20-16(10-22-18)12(3)4;2*1-2;;;;;/h5-7,11-12,15-16H,9-10H2,1-4H3;;;3*1H3;;/q-1;;;;;;;/t15-,16-;;;;;;;/m1......./s1. The summed E-state index contributed by atoms with van der Waals surface area (Å²) in [7, 11) is 0. The third-order valence-electron chi connectivity index (χ3n) is 4.14. The molecule has 0 saturated carbocycles. The van der Waals surface area contributed by atoms with Gasteiger partial charge in [-0.05, 0) is 11.8 Å². The minimum atomic E-state index is -0.543. The van der Waals surface area contributed by atoms with Gasteiger partial charge >= 0.3 is 57.2 Å². The van der Waals surface area contributed by atoms with Crippen molar-refractivity contribution in [3.63, 3.8) is 0 Å². The minimum absolute atomic E-state index is 0. The Morgan fingerprint density at radius 3 is 1.45 bits per heavy atom. The first kappa shape index (κ1) is 32.1. The second kappa shape index (κ2) is 17.5. The van der Waals surface area contributed by atoms with Crippen molar-refractivity contribution in [3.05, 3.63) is 48.7 Å². The molecule has 2 aliphatic heterocycles. The Labute approximate surface area is 204 Å². The summed E-state index contributed by atoms with van der Waals surface area (Å²) in [5, 5.41) is 0. The molecule has 31 heavy (non-hydrogen) atoms. The van der Waals surface area contributed by atoms with Gasteiger partial charge in [-0.1, -0.05) is 38.8 Å². The second-order valence-electron chi connectivity index (χ2n) is 8.09. The first-order valence-electron chi connectivity index (χ1n) is 9.89. The normalized spacial score (nSPS) is 18.5. The van der Waals surface area contributed by atoms with Crippen LogP contribution >= 0.6 is 0 Å². The van der Waals surface area contributed by atoms with Crippen LogP contribution in [-0.4, -0.2) is 56.9 Å². The summed E-state index contributed by atoms with van der Waals surface area (Å²) < 4.78 is 26.5. The minimum Gasteiger partial charge on any atom is 0 e. The van der Waals surface area contributed by atoms with Gasteiger partial charge < -0.3 is 9.47 Å². The quantitative estimate of drug-likeness (QED) is 0.304. The van der Waals surface area contributed by atoms with Gasteiger partial charge in [-0.2, -0.15) is 0 Å². The van der Waals surface area contributed by atoms with Crippen LogP contribution in [0.3, 0.4) is 0 Å². The molecule has 3 rings (SSSR count). The van der Waals surface area contributed by atoms with Crippen molar-refractivity contribution in [3.8, 4) is 0 Å². The van der Waals surface area contributed by atoms with E-state index < -0.39 is 19.8 Å². The summed E-state index contributed by atoms with van der Waals surface area (Å²) in [4.78, 5) is 16.4. The van der Waals surface area contributed by atoms with E-state index in [1.165, 1.54) is 0 Å². The molecule has 0 amide bonds. The van der Waals surface area contributed by atoms with E-state index in [2.05, 4.69) is 71.9 Å². The molecule has 0 aromatic heterocycles. The monoisotopic (exact) mass is 576 g/mol. The molecule has 2 aliphatic rings. The summed E-state index contributed by atoms with van der Waals surface area (Å²) in [5.74, 6) is 2.32. The number of nitrogens with zero attached hydrogens (tertiary/aromatic N) is 2. The van der Waals surface area contributed by atoms with Gasteiger partial charge in [0.05, 0.1) is 12.1 Å². The van der Waals surface area contributed by atoms with Gasteiger partial charge in [0.15, 0.2) is 0 Å². The smallest absolute Gasteiger partial charge is 0 e. The maximum absolute atomic E-state index is 7.50. The van der Waals surface area contributed by atoms with Crippen LogP contribution in [0.15, 0.2) is 28.2 Å². The largest absolute Gasteiger partial charge is 0 e. The maximum atomic E-state index is 7.50. The topological polar surface area (TPSA) is 83.0 Å². The van der Waals surface area contributed by atoms with Crippen LogP contribution in [0.1, 0.15) is 38.8 Å². The Hall–Kier alpha value is -1.04. The molecule has 2 heterocycles. The number of hydrogen-bond donors (Lipinski definition) is 0. The molecule has 1 aromatic rings. The Balaban J connectivity index is 0. The molecule has 8 heteroatoms. The maximum Gasteiger partial charge on any atom is 0 e. The molecule has 0 bridgehead atoms. The van der Waals surface area contributed by atoms with Gasteiger partial charge in [-0.3, -0.25) is 9.98 Å². The number of ether oxygens (including phenoxy) is 2. The summed E-state index contributed by atoms with van der Waals surface area (Å²) in [6.45, 7) is 18.9. The van der Waals surface area contributed by atoms with Gasteiger partial charge in [-0.25, -0.2) is 0 Å². The van der Waals surface area contributed by atoms with E-state index in [4.69, 9.17) is 18.8 Å². The zero-order chi connectivity index (χ0) is 23.3. The first-order chi connectivity index (χ1) is 14.3. The summed E-state index contributed by atoms with van der Waals surface area (Å²) >= 11 is -0.543. The van der Waals surface area contributed by atoms with Crippen molar-refractivity contribution >= 4 is 31.6 Å². The Kier molecular flexibility index (Phi) is 18.1. The van der Waals surface area contributed by atoms with Crippen LogP contribution in [0.5, 0.6) is 0 Å². The van der Waals surface area contributed by atoms with Crippen molar-refractivity contribution in [2.24, 2.45) is 21.8 Å². The van der Waals surface area contributed by atoms with Crippen molar-refractivity contribution in [2.45, 2.75) is 54.6 Å².